The Balaban J connectivity index is 1.43. The van der Waals surface area contributed by atoms with Gasteiger partial charge < -0.3 is 19.5 Å². The van der Waals surface area contributed by atoms with Crippen LogP contribution in [-0.4, -0.2) is 73.6 Å². The van der Waals surface area contributed by atoms with Crippen molar-refractivity contribution in [3.63, 3.8) is 0 Å². The van der Waals surface area contributed by atoms with E-state index in [0.29, 0.717) is 13.2 Å². The molecule has 2 fully saturated rings. The fourth-order valence-electron chi connectivity index (χ4n) is 3.61. The highest BCUT2D eigenvalue weighted by Gasteiger charge is 2.15. The highest BCUT2D eigenvalue weighted by molar-refractivity contribution is 5.28. The van der Waals surface area contributed by atoms with Crippen molar-refractivity contribution in [3.8, 4) is 5.75 Å². The van der Waals surface area contributed by atoms with Crippen LogP contribution in [0.25, 0.3) is 0 Å². The lowest BCUT2D eigenvalue weighted by atomic mass is 10.2. The fourth-order valence-corrected chi connectivity index (χ4v) is 3.61. The third-order valence-corrected chi connectivity index (χ3v) is 5.02. The molecule has 0 aromatic heterocycles. The van der Waals surface area contributed by atoms with E-state index in [1.807, 2.05) is 12.1 Å². The first-order valence-electron chi connectivity index (χ1n) is 9.72. The first-order chi connectivity index (χ1) is 12.3. The van der Waals surface area contributed by atoms with E-state index in [-0.39, 0.29) is 0 Å². The number of aliphatic hydroxyl groups is 1. The summed E-state index contributed by atoms with van der Waals surface area (Å²) in [4.78, 5) is 4.77. The average molecular weight is 348 g/mol. The monoisotopic (exact) mass is 348 g/mol. The molecule has 5 heteroatoms. The molecule has 3 rings (SSSR count). The van der Waals surface area contributed by atoms with Gasteiger partial charge in [-0.3, -0.25) is 4.90 Å². The summed E-state index contributed by atoms with van der Waals surface area (Å²) in [5, 5.41) is 10.3. The van der Waals surface area contributed by atoms with Crippen molar-refractivity contribution in [1.82, 2.24) is 9.80 Å². The van der Waals surface area contributed by atoms with Gasteiger partial charge in [0, 0.05) is 26.2 Å². The van der Waals surface area contributed by atoms with Crippen molar-refractivity contribution in [2.24, 2.45) is 0 Å². The summed E-state index contributed by atoms with van der Waals surface area (Å²) in [6.45, 7) is 7.82. The van der Waals surface area contributed by atoms with Crippen LogP contribution in [0.4, 0.5) is 0 Å². The normalized spacial score (nSPS) is 21.6. The number of rotatable bonds is 7. The predicted molar refractivity (Wildman–Crippen MR) is 98.9 cm³/mol. The first-order valence-corrected chi connectivity index (χ1v) is 9.72. The second kappa shape index (κ2) is 10.1. The fraction of sp³-hybridized carbons (Fsp3) is 0.700. The number of benzene rings is 1. The minimum Gasteiger partial charge on any atom is -0.491 e. The molecule has 1 aromatic rings. The number of hydrogen-bond acceptors (Lipinski definition) is 5. The lowest BCUT2D eigenvalue weighted by molar-refractivity contribution is 0.0341. The lowest BCUT2D eigenvalue weighted by Crippen LogP contribution is -2.36. The van der Waals surface area contributed by atoms with Gasteiger partial charge in [-0.05, 0) is 43.6 Å². The number of aliphatic hydroxyl groups excluding tert-OH is 1. The van der Waals surface area contributed by atoms with Crippen LogP contribution in [0, 0.1) is 0 Å². The predicted octanol–water partition coefficient (Wildman–Crippen LogP) is 2.13. The van der Waals surface area contributed by atoms with Crippen molar-refractivity contribution in [1.29, 1.82) is 0 Å². The Hall–Kier alpha value is -1.14. The zero-order chi connectivity index (χ0) is 17.3. The Morgan fingerprint density at radius 1 is 1.00 bits per heavy atom. The Morgan fingerprint density at radius 3 is 2.52 bits per heavy atom. The average Bonchev–Trinajstić information content (AvgIpc) is 2.90. The van der Waals surface area contributed by atoms with Gasteiger partial charge in [0.1, 0.15) is 18.5 Å². The molecule has 25 heavy (non-hydrogen) atoms. The highest BCUT2D eigenvalue weighted by atomic mass is 16.5. The first kappa shape index (κ1) is 18.6. The molecule has 0 saturated carbocycles. The Morgan fingerprint density at radius 2 is 1.76 bits per heavy atom. The lowest BCUT2D eigenvalue weighted by Gasteiger charge is -2.26. The molecule has 0 bridgehead atoms. The van der Waals surface area contributed by atoms with Crippen molar-refractivity contribution in [2.45, 2.75) is 38.3 Å². The number of morpholine rings is 1. The smallest absolute Gasteiger partial charge is 0.119 e. The summed E-state index contributed by atoms with van der Waals surface area (Å²) in [5.74, 6) is 0.848. The van der Waals surface area contributed by atoms with Crippen molar-refractivity contribution in [2.75, 3.05) is 52.5 Å². The number of nitrogens with zero attached hydrogens (tertiary/aromatic N) is 2. The molecular formula is C20H32N2O3. The summed E-state index contributed by atoms with van der Waals surface area (Å²) >= 11 is 0. The van der Waals surface area contributed by atoms with Crippen molar-refractivity contribution >= 4 is 0 Å². The summed E-state index contributed by atoms with van der Waals surface area (Å²) in [7, 11) is 0. The van der Waals surface area contributed by atoms with Gasteiger partial charge in [0.2, 0.25) is 0 Å². The number of β-amino-alcohol motifs (C(OH)–C–C–N with tert-alkyl or cyclic N) is 1. The topological polar surface area (TPSA) is 45.2 Å². The Labute approximate surface area is 151 Å². The van der Waals surface area contributed by atoms with E-state index >= 15 is 0 Å². The van der Waals surface area contributed by atoms with Gasteiger partial charge in [0.15, 0.2) is 0 Å². The number of ether oxygens (including phenoxy) is 2. The second-order valence-corrected chi connectivity index (χ2v) is 7.22. The zero-order valence-corrected chi connectivity index (χ0v) is 15.2. The minimum atomic E-state index is -0.430. The van der Waals surface area contributed by atoms with Gasteiger partial charge in [-0.15, -0.1) is 0 Å². The quantitative estimate of drug-likeness (QED) is 0.818. The summed E-state index contributed by atoms with van der Waals surface area (Å²) in [5.41, 5.74) is 1.25. The van der Waals surface area contributed by atoms with Gasteiger partial charge in [-0.1, -0.05) is 25.0 Å². The molecule has 0 spiro atoms. The van der Waals surface area contributed by atoms with Gasteiger partial charge in [0.25, 0.3) is 0 Å². The highest BCUT2D eigenvalue weighted by Crippen LogP contribution is 2.16. The van der Waals surface area contributed by atoms with Crippen LogP contribution < -0.4 is 4.74 Å². The molecule has 2 heterocycles. The van der Waals surface area contributed by atoms with E-state index in [2.05, 4.69) is 21.9 Å². The molecule has 0 aliphatic carbocycles. The third kappa shape index (κ3) is 6.59. The van der Waals surface area contributed by atoms with Crippen LogP contribution in [0.15, 0.2) is 24.3 Å². The van der Waals surface area contributed by atoms with E-state index in [1.165, 1.54) is 31.2 Å². The van der Waals surface area contributed by atoms with E-state index in [9.17, 15) is 5.11 Å². The molecule has 1 aromatic carbocycles. The SMILES string of the molecule is OC(COc1cccc(CN2CCOCC2)c1)CN1CCCCCC1. The van der Waals surface area contributed by atoms with Crippen LogP contribution >= 0.6 is 0 Å². The van der Waals surface area contributed by atoms with Gasteiger partial charge >= 0.3 is 0 Å². The summed E-state index contributed by atoms with van der Waals surface area (Å²) in [6.07, 6.45) is 4.70. The van der Waals surface area contributed by atoms with Gasteiger partial charge in [-0.25, -0.2) is 0 Å². The minimum absolute atomic E-state index is 0.359. The maximum Gasteiger partial charge on any atom is 0.119 e. The van der Waals surface area contributed by atoms with Gasteiger partial charge in [-0.2, -0.15) is 0 Å². The van der Waals surface area contributed by atoms with Crippen LogP contribution in [0.2, 0.25) is 0 Å². The maximum absolute atomic E-state index is 10.3. The largest absolute Gasteiger partial charge is 0.491 e. The second-order valence-electron chi connectivity index (χ2n) is 7.22. The molecule has 2 aliphatic rings. The number of likely N-dealkylation sites (tertiary alicyclic amines) is 1. The molecule has 2 aliphatic heterocycles. The molecule has 140 valence electrons. The van der Waals surface area contributed by atoms with Crippen molar-refractivity contribution in [3.05, 3.63) is 29.8 Å². The molecule has 1 N–H and O–H groups in total. The Bertz CT molecular complexity index is 497. The summed E-state index contributed by atoms with van der Waals surface area (Å²) < 4.78 is 11.2. The Kier molecular flexibility index (Phi) is 7.55. The standard InChI is InChI=1S/C20H32N2O3/c23-19(16-21-8-3-1-2-4-9-21)17-25-20-7-5-6-18(14-20)15-22-10-12-24-13-11-22/h5-7,14,19,23H,1-4,8-13,15-17H2. The van der Waals surface area contributed by atoms with E-state index in [4.69, 9.17) is 9.47 Å². The third-order valence-electron chi connectivity index (χ3n) is 5.02. The van der Waals surface area contributed by atoms with E-state index in [0.717, 1.165) is 51.7 Å². The molecule has 1 atom stereocenters. The molecular weight excluding hydrogens is 316 g/mol. The molecule has 2 saturated heterocycles. The van der Waals surface area contributed by atoms with Crippen molar-refractivity contribution < 1.29 is 14.6 Å². The number of hydrogen-bond donors (Lipinski definition) is 1. The van der Waals surface area contributed by atoms with Crippen LogP contribution in [0.5, 0.6) is 5.75 Å². The summed E-state index contributed by atoms with van der Waals surface area (Å²) in [6, 6.07) is 8.23. The van der Waals surface area contributed by atoms with Gasteiger partial charge in [0.05, 0.1) is 13.2 Å². The van der Waals surface area contributed by atoms with E-state index < -0.39 is 6.10 Å². The van der Waals surface area contributed by atoms with Crippen LogP contribution in [-0.2, 0) is 11.3 Å². The zero-order valence-electron chi connectivity index (χ0n) is 15.2. The van der Waals surface area contributed by atoms with Crippen LogP contribution in [0.3, 0.4) is 0 Å². The molecule has 0 radical (unpaired) electrons. The molecule has 5 nitrogen and oxygen atoms in total. The molecule has 0 amide bonds. The van der Waals surface area contributed by atoms with E-state index in [1.54, 1.807) is 0 Å². The van der Waals surface area contributed by atoms with Crippen LogP contribution in [0.1, 0.15) is 31.2 Å². The maximum atomic E-state index is 10.3. The molecule has 1 unspecified atom stereocenters.